The minimum absolute atomic E-state index is 0.0105. The molecule has 2 aliphatic rings. The number of pyridine rings is 1. The summed E-state index contributed by atoms with van der Waals surface area (Å²) in [5.74, 6) is -1.01. The summed E-state index contributed by atoms with van der Waals surface area (Å²) in [5, 5.41) is 10.1. The Hall–Kier alpha value is -3.96. The third-order valence-corrected chi connectivity index (χ3v) is 7.47. The Balaban J connectivity index is 1.39. The van der Waals surface area contributed by atoms with E-state index in [2.05, 4.69) is 11.1 Å². The van der Waals surface area contributed by atoms with Crippen molar-refractivity contribution in [2.45, 2.75) is 43.3 Å². The van der Waals surface area contributed by atoms with Gasteiger partial charge in [-0.1, -0.05) is 60.3 Å². The number of hydrogen-bond acceptors (Lipinski definition) is 6. The van der Waals surface area contributed by atoms with Gasteiger partial charge in [-0.25, -0.2) is 9.88 Å². The van der Waals surface area contributed by atoms with E-state index in [1.54, 1.807) is 24.3 Å². The zero-order valence-electron chi connectivity index (χ0n) is 19.6. The highest BCUT2D eigenvalue weighted by Gasteiger charge is 2.44. The summed E-state index contributed by atoms with van der Waals surface area (Å²) in [6.45, 7) is 0.204. The van der Waals surface area contributed by atoms with Gasteiger partial charge in [-0.15, -0.1) is 0 Å². The molecule has 0 N–H and O–H groups in total. The average molecular weight is 497 g/mol. The van der Waals surface area contributed by atoms with Crippen LogP contribution in [0.2, 0.25) is 0 Å². The second-order valence-corrected chi connectivity index (χ2v) is 9.80. The third-order valence-electron chi connectivity index (χ3n) is 6.50. The Labute approximate surface area is 213 Å². The first-order chi connectivity index (χ1) is 17.5. The number of aryl methyl sites for hydroxylation is 2. The van der Waals surface area contributed by atoms with E-state index < -0.39 is 11.9 Å². The summed E-state index contributed by atoms with van der Waals surface area (Å²) in [5.41, 5.74) is 3.91. The van der Waals surface area contributed by atoms with E-state index in [1.807, 2.05) is 42.5 Å². The van der Waals surface area contributed by atoms with Gasteiger partial charge in [0.15, 0.2) is 0 Å². The highest BCUT2D eigenvalue weighted by Crippen LogP contribution is 2.30. The maximum Gasteiger partial charge on any atom is 0.257 e. The quantitative estimate of drug-likeness (QED) is 0.364. The molecule has 1 unspecified atom stereocenters. The van der Waals surface area contributed by atoms with Crippen LogP contribution in [-0.4, -0.2) is 39.4 Å². The van der Waals surface area contributed by atoms with Crippen LogP contribution in [-0.2, 0) is 33.8 Å². The van der Waals surface area contributed by atoms with E-state index in [1.165, 1.54) is 21.6 Å². The molecular weight excluding hydrogens is 472 g/mol. The first-order valence-corrected chi connectivity index (χ1v) is 12.8. The number of benzene rings is 2. The van der Waals surface area contributed by atoms with Gasteiger partial charge in [0.25, 0.3) is 5.91 Å². The van der Waals surface area contributed by atoms with Gasteiger partial charge in [0.05, 0.1) is 23.4 Å². The smallest absolute Gasteiger partial charge is 0.257 e. The van der Waals surface area contributed by atoms with E-state index in [0.717, 1.165) is 36.1 Å². The third kappa shape index (κ3) is 4.75. The van der Waals surface area contributed by atoms with Crippen molar-refractivity contribution in [3.8, 4) is 6.07 Å². The highest BCUT2D eigenvalue weighted by atomic mass is 32.2. The molecule has 0 saturated carbocycles. The maximum absolute atomic E-state index is 13.5. The van der Waals surface area contributed by atoms with Crippen molar-refractivity contribution in [2.24, 2.45) is 0 Å². The van der Waals surface area contributed by atoms with Crippen LogP contribution < -0.4 is 4.90 Å². The van der Waals surface area contributed by atoms with Gasteiger partial charge in [-0.3, -0.25) is 14.4 Å². The van der Waals surface area contributed by atoms with Gasteiger partial charge in [0.2, 0.25) is 11.8 Å². The summed E-state index contributed by atoms with van der Waals surface area (Å²) < 4.78 is 0. The number of amides is 3. The number of nitriles is 1. The average Bonchev–Trinajstić information content (AvgIpc) is 3.48. The summed E-state index contributed by atoms with van der Waals surface area (Å²) in [7, 11) is 0. The van der Waals surface area contributed by atoms with Crippen molar-refractivity contribution in [3.05, 3.63) is 89.1 Å². The molecule has 36 heavy (non-hydrogen) atoms. The first-order valence-electron chi connectivity index (χ1n) is 11.9. The number of rotatable bonds is 7. The number of hydrogen-bond donors (Lipinski definition) is 0. The normalized spacial score (nSPS) is 16.6. The molecule has 0 bridgehead atoms. The van der Waals surface area contributed by atoms with Crippen molar-refractivity contribution >= 4 is 35.2 Å². The summed E-state index contributed by atoms with van der Waals surface area (Å²) in [4.78, 5) is 47.1. The Morgan fingerprint density at radius 2 is 1.81 bits per heavy atom. The lowest BCUT2D eigenvalue weighted by atomic mass is 10.1. The van der Waals surface area contributed by atoms with Gasteiger partial charge in [0.1, 0.15) is 17.1 Å². The van der Waals surface area contributed by atoms with Crippen molar-refractivity contribution in [1.82, 2.24) is 9.88 Å². The SMILES string of the molecule is N#Cc1cc2c(nc1SCC(=O)N(Cc1ccccc1)C1CC(=O)N(c3ccccc3)C1=O)CCC2. The molecule has 1 aliphatic heterocycles. The predicted octanol–water partition coefficient (Wildman–Crippen LogP) is 3.89. The Morgan fingerprint density at radius 1 is 1.08 bits per heavy atom. The van der Waals surface area contributed by atoms with Gasteiger partial charge >= 0.3 is 0 Å². The Kier molecular flexibility index (Phi) is 6.83. The number of nitrogens with zero attached hydrogens (tertiary/aromatic N) is 4. The number of aromatic nitrogens is 1. The van der Waals surface area contributed by atoms with E-state index in [-0.39, 0.29) is 30.5 Å². The van der Waals surface area contributed by atoms with Crippen LogP contribution in [0.5, 0.6) is 0 Å². The molecule has 1 fully saturated rings. The second kappa shape index (κ2) is 10.3. The number of thioether (sulfide) groups is 1. The molecule has 180 valence electrons. The zero-order chi connectivity index (χ0) is 25.1. The Morgan fingerprint density at radius 3 is 2.53 bits per heavy atom. The molecule has 8 heteroatoms. The van der Waals surface area contributed by atoms with Crippen LogP contribution >= 0.6 is 11.8 Å². The lowest BCUT2D eigenvalue weighted by Gasteiger charge is -2.28. The lowest BCUT2D eigenvalue weighted by Crippen LogP contribution is -2.45. The minimum Gasteiger partial charge on any atom is -0.325 e. The fourth-order valence-electron chi connectivity index (χ4n) is 4.72. The molecule has 1 aromatic heterocycles. The molecule has 2 heterocycles. The number of carbonyl (C=O) groups excluding carboxylic acids is 3. The van der Waals surface area contributed by atoms with Crippen LogP contribution in [0.4, 0.5) is 5.69 Å². The highest BCUT2D eigenvalue weighted by molar-refractivity contribution is 8.00. The van der Waals surface area contributed by atoms with Crippen LogP contribution in [0, 0.1) is 11.3 Å². The molecule has 1 aliphatic carbocycles. The summed E-state index contributed by atoms with van der Waals surface area (Å²) >= 11 is 1.21. The van der Waals surface area contributed by atoms with E-state index in [0.29, 0.717) is 16.3 Å². The fourth-order valence-corrected chi connectivity index (χ4v) is 5.58. The monoisotopic (exact) mass is 496 g/mol. The van der Waals surface area contributed by atoms with Gasteiger partial charge < -0.3 is 4.90 Å². The molecule has 7 nitrogen and oxygen atoms in total. The molecule has 5 rings (SSSR count). The standard InChI is InChI=1S/C28H24N4O3S/c29-16-21-14-20-10-7-13-23(20)30-27(21)36-18-26(34)31(17-19-8-3-1-4-9-19)24-15-25(33)32(28(24)35)22-11-5-2-6-12-22/h1-6,8-9,11-12,14,24H,7,10,13,15,17-18H2. The summed E-state index contributed by atoms with van der Waals surface area (Å²) in [6.07, 6.45) is 2.73. The molecule has 0 spiro atoms. The zero-order valence-corrected chi connectivity index (χ0v) is 20.4. The van der Waals surface area contributed by atoms with E-state index in [9.17, 15) is 19.6 Å². The van der Waals surface area contributed by atoms with E-state index >= 15 is 0 Å². The number of para-hydroxylation sites is 1. The predicted molar refractivity (Wildman–Crippen MR) is 136 cm³/mol. The summed E-state index contributed by atoms with van der Waals surface area (Å²) in [6, 6.07) is 21.4. The van der Waals surface area contributed by atoms with Gasteiger partial charge in [-0.2, -0.15) is 5.26 Å². The Bertz CT molecular complexity index is 1350. The van der Waals surface area contributed by atoms with Gasteiger partial charge in [0, 0.05) is 12.2 Å². The maximum atomic E-state index is 13.5. The molecule has 3 aromatic rings. The molecule has 3 amide bonds. The lowest BCUT2D eigenvalue weighted by molar-refractivity contribution is -0.136. The molecule has 0 radical (unpaired) electrons. The number of imide groups is 1. The van der Waals surface area contributed by atoms with Gasteiger partial charge in [-0.05, 0) is 48.6 Å². The number of carbonyl (C=O) groups is 3. The topological polar surface area (TPSA) is 94.4 Å². The van der Waals surface area contributed by atoms with Crippen molar-refractivity contribution in [3.63, 3.8) is 0 Å². The largest absolute Gasteiger partial charge is 0.325 e. The van der Waals surface area contributed by atoms with Crippen LogP contribution in [0.3, 0.4) is 0 Å². The van der Waals surface area contributed by atoms with Crippen molar-refractivity contribution in [2.75, 3.05) is 10.7 Å². The molecule has 1 saturated heterocycles. The molecular formula is C28H24N4O3S. The fraction of sp³-hybridized carbons (Fsp3) is 0.250. The second-order valence-electron chi connectivity index (χ2n) is 8.83. The number of fused-ring (bicyclic) bond motifs is 1. The van der Waals surface area contributed by atoms with Crippen LogP contribution in [0.1, 0.15) is 35.2 Å². The van der Waals surface area contributed by atoms with Crippen LogP contribution in [0.25, 0.3) is 0 Å². The minimum atomic E-state index is -0.894. The molecule has 1 atom stereocenters. The van der Waals surface area contributed by atoms with Crippen LogP contribution in [0.15, 0.2) is 71.8 Å². The first kappa shape index (κ1) is 23.8. The van der Waals surface area contributed by atoms with Crippen molar-refractivity contribution in [1.29, 1.82) is 5.26 Å². The van der Waals surface area contributed by atoms with Crippen molar-refractivity contribution < 1.29 is 14.4 Å². The number of anilines is 1. The molecule has 2 aromatic carbocycles. The van der Waals surface area contributed by atoms with E-state index in [4.69, 9.17) is 0 Å².